The van der Waals surface area contributed by atoms with E-state index < -0.39 is 11.8 Å². The molecule has 32 heavy (non-hydrogen) atoms. The number of aryl methyl sites for hydroxylation is 2. The molecule has 1 saturated carbocycles. The number of nitrogens with zero attached hydrogens (tertiary/aromatic N) is 4. The molecule has 0 aliphatic heterocycles. The van der Waals surface area contributed by atoms with Crippen molar-refractivity contribution in [1.82, 2.24) is 19.5 Å². The van der Waals surface area contributed by atoms with Gasteiger partial charge in [-0.25, -0.2) is 13.8 Å². The fraction of sp³-hybridized carbons (Fsp3) is 0.304. The predicted molar refractivity (Wildman–Crippen MR) is 114 cm³/mol. The summed E-state index contributed by atoms with van der Waals surface area (Å²) in [5.74, 6) is -2.85. The first kappa shape index (κ1) is 20.3. The molecule has 1 fully saturated rings. The Morgan fingerprint density at radius 2 is 2.09 bits per heavy atom. The summed E-state index contributed by atoms with van der Waals surface area (Å²) in [7, 11) is 0. The molecule has 0 bridgehead atoms. The molecule has 1 amide bonds. The molecule has 1 N–H and O–H groups in total. The second-order valence-corrected chi connectivity index (χ2v) is 8.16. The van der Waals surface area contributed by atoms with Gasteiger partial charge in [-0.15, -0.1) is 0 Å². The molecule has 3 heterocycles. The highest BCUT2D eigenvalue weighted by molar-refractivity contribution is 6.04. The summed E-state index contributed by atoms with van der Waals surface area (Å²) in [5, 5.41) is 6.87. The van der Waals surface area contributed by atoms with Gasteiger partial charge in [0, 0.05) is 36.2 Å². The summed E-state index contributed by atoms with van der Waals surface area (Å²) in [6, 6.07) is 9.26. The molecule has 164 valence electrons. The lowest BCUT2D eigenvalue weighted by Gasteiger charge is -2.31. The Labute approximate surface area is 182 Å². The second kappa shape index (κ2) is 7.51. The highest BCUT2D eigenvalue weighted by atomic mass is 19.3. The smallest absolute Gasteiger partial charge is 0.274 e. The maximum atomic E-state index is 13.1. The van der Waals surface area contributed by atoms with Crippen LogP contribution in [-0.2, 0) is 6.42 Å². The topological polar surface area (TPSA) is 85.3 Å². The van der Waals surface area contributed by atoms with E-state index >= 15 is 0 Å². The Bertz CT molecular complexity index is 1320. The minimum Gasteiger partial charge on any atom is -0.339 e. The van der Waals surface area contributed by atoms with Crippen LogP contribution in [-0.4, -0.2) is 31.4 Å². The highest BCUT2D eigenvalue weighted by Gasteiger charge is 2.48. The molecule has 1 aliphatic rings. The zero-order valence-electron chi connectivity index (χ0n) is 17.6. The van der Waals surface area contributed by atoms with E-state index in [0.29, 0.717) is 28.4 Å². The number of pyridine rings is 1. The summed E-state index contributed by atoms with van der Waals surface area (Å²) in [5.41, 5.74) is 4.29. The van der Waals surface area contributed by atoms with Gasteiger partial charge >= 0.3 is 0 Å². The van der Waals surface area contributed by atoms with Gasteiger partial charge in [0.1, 0.15) is 11.3 Å². The molecular formula is C23H21F2N5O2. The van der Waals surface area contributed by atoms with Gasteiger partial charge in [-0.1, -0.05) is 30.3 Å². The maximum absolute atomic E-state index is 13.1. The van der Waals surface area contributed by atoms with Gasteiger partial charge < -0.3 is 9.84 Å². The lowest BCUT2D eigenvalue weighted by Crippen LogP contribution is -2.33. The van der Waals surface area contributed by atoms with Crippen LogP contribution in [0.1, 0.15) is 53.2 Å². The normalized spacial score (nSPS) is 15.6. The average molecular weight is 437 g/mol. The SMILES string of the molecule is CCc1ccc2ncc(C(=O)Nc3cc(-c4noc(C5CC(F)(F)C5)n4)ccc3C)n2c1. The number of anilines is 1. The van der Waals surface area contributed by atoms with Crippen LogP contribution in [0.15, 0.2) is 47.2 Å². The molecule has 0 atom stereocenters. The third-order valence-electron chi connectivity index (χ3n) is 5.83. The molecular weight excluding hydrogens is 416 g/mol. The average Bonchev–Trinajstić information content (AvgIpc) is 3.40. The van der Waals surface area contributed by atoms with Crippen LogP contribution in [0.2, 0.25) is 0 Å². The number of imidazole rings is 1. The molecule has 4 aromatic rings. The second-order valence-electron chi connectivity index (χ2n) is 8.16. The number of fused-ring (bicyclic) bond motifs is 1. The molecule has 9 heteroatoms. The van der Waals surface area contributed by atoms with Crippen molar-refractivity contribution in [1.29, 1.82) is 0 Å². The summed E-state index contributed by atoms with van der Waals surface area (Å²) in [6.45, 7) is 3.92. The number of hydrogen-bond acceptors (Lipinski definition) is 5. The number of benzene rings is 1. The van der Waals surface area contributed by atoms with Crippen LogP contribution in [0.4, 0.5) is 14.5 Å². The number of carbonyl (C=O) groups excluding carboxylic acids is 1. The summed E-state index contributed by atoms with van der Waals surface area (Å²) in [4.78, 5) is 21.6. The van der Waals surface area contributed by atoms with Gasteiger partial charge in [0.15, 0.2) is 0 Å². The number of carbonyl (C=O) groups is 1. The fourth-order valence-corrected chi connectivity index (χ4v) is 3.84. The van der Waals surface area contributed by atoms with Crippen molar-refractivity contribution in [3.63, 3.8) is 0 Å². The number of amides is 1. The van der Waals surface area contributed by atoms with Gasteiger partial charge in [0.2, 0.25) is 17.6 Å². The van der Waals surface area contributed by atoms with Crippen molar-refractivity contribution in [2.24, 2.45) is 0 Å². The van der Waals surface area contributed by atoms with Crippen molar-refractivity contribution >= 4 is 17.2 Å². The highest BCUT2D eigenvalue weighted by Crippen LogP contribution is 2.47. The quantitative estimate of drug-likeness (QED) is 0.474. The number of alkyl halides is 2. The van der Waals surface area contributed by atoms with E-state index in [9.17, 15) is 13.6 Å². The molecule has 1 aromatic carbocycles. The van der Waals surface area contributed by atoms with E-state index in [4.69, 9.17) is 4.52 Å². The first-order chi connectivity index (χ1) is 15.3. The number of nitrogens with one attached hydrogen (secondary N) is 1. The lowest BCUT2D eigenvalue weighted by molar-refractivity contribution is -0.0925. The van der Waals surface area contributed by atoms with E-state index in [0.717, 1.165) is 17.5 Å². The van der Waals surface area contributed by atoms with Gasteiger partial charge in [-0.05, 0) is 36.6 Å². The monoisotopic (exact) mass is 437 g/mol. The van der Waals surface area contributed by atoms with Crippen LogP contribution in [0.25, 0.3) is 17.0 Å². The summed E-state index contributed by atoms with van der Waals surface area (Å²) >= 11 is 0. The molecule has 1 aliphatic carbocycles. The van der Waals surface area contributed by atoms with E-state index in [1.807, 2.05) is 38.2 Å². The van der Waals surface area contributed by atoms with E-state index in [1.165, 1.54) is 0 Å². The summed E-state index contributed by atoms with van der Waals surface area (Å²) in [6.07, 6.45) is 3.75. The zero-order chi connectivity index (χ0) is 22.5. The maximum Gasteiger partial charge on any atom is 0.274 e. The molecule has 0 spiro atoms. The van der Waals surface area contributed by atoms with Crippen molar-refractivity contribution < 1.29 is 18.1 Å². The Balaban J connectivity index is 1.39. The predicted octanol–water partition coefficient (Wildman–Crippen LogP) is 5.02. The van der Waals surface area contributed by atoms with Crippen molar-refractivity contribution in [2.45, 2.75) is 45.0 Å². The van der Waals surface area contributed by atoms with E-state index in [2.05, 4.69) is 20.4 Å². The molecule has 3 aromatic heterocycles. The molecule has 0 radical (unpaired) electrons. The minimum atomic E-state index is -2.66. The number of rotatable bonds is 5. The van der Waals surface area contributed by atoms with Crippen LogP contribution in [0.5, 0.6) is 0 Å². The van der Waals surface area contributed by atoms with Gasteiger partial charge in [-0.3, -0.25) is 9.20 Å². The minimum absolute atomic E-state index is 0.217. The lowest BCUT2D eigenvalue weighted by atomic mass is 9.81. The van der Waals surface area contributed by atoms with Crippen molar-refractivity contribution in [2.75, 3.05) is 5.32 Å². The first-order valence-corrected chi connectivity index (χ1v) is 10.4. The number of halogens is 2. The Morgan fingerprint density at radius 3 is 2.84 bits per heavy atom. The van der Waals surface area contributed by atoms with Crippen molar-refractivity contribution in [3.05, 3.63) is 65.4 Å². The first-order valence-electron chi connectivity index (χ1n) is 10.4. The Kier molecular flexibility index (Phi) is 4.76. The van der Waals surface area contributed by atoms with Gasteiger partial charge in [0.25, 0.3) is 5.91 Å². The molecule has 0 unspecified atom stereocenters. The van der Waals surface area contributed by atoms with E-state index in [1.54, 1.807) is 22.7 Å². The van der Waals surface area contributed by atoms with Crippen molar-refractivity contribution in [3.8, 4) is 11.4 Å². The third kappa shape index (κ3) is 3.63. The van der Waals surface area contributed by atoms with Crippen LogP contribution >= 0.6 is 0 Å². The van der Waals surface area contributed by atoms with Crippen LogP contribution < -0.4 is 5.32 Å². The van der Waals surface area contributed by atoms with Gasteiger partial charge in [0.05, 0.1) is 6.20 Å². The van der Waals surface area contributed by atoms with Gasteiger partial charge in [-0.2, -0.15) is 4.98 Å². The third-order valence-corrected chi connectivity index (χ3v) is 5.83. The van der Waals surface area contributed by atoms with E-state index in [-0.39, 0.29) is 24.6 Å². The van der Waals surface area contributed by atoms with Crippen LogP contribution in [0, 0.1) is 6.92 Å². The number of hydrogen-bond donors (Lipinski definition) is 1. The molecule has 5 rings (SSSR count). The fourth-order valence-electron chi connectivity index (χ4n) is 3.84. The standard InChI is InChI=1S/C23H21F2N5O2/c1-3-14-5-7-19-26-11-18(30(19)12-14)21(31)27-17-8-15(6-4-13(17)2)20-28-22(32-29-20)16-9-23(24,25)10-16/h4-8,11-12,16H,3,9-10H2,1-2H3,(H,27,31). The molecule has 7 nitrogen and oxygen atoms in total. The Morgan fingerprint density at radius 1 is 1.28 bits per heavy atom. The summed E-state index contributed by atoms with van der Waals surface area (Å²) < 4.78 is 33.3. The Hall–Kier alpha value is -3.62. The largest absolute Gasteiger partial charge is 0.339 e. The zero-order valence-corrected chi connectivity index (χ0v) is 17.6. The van der Waals surface area contributed by atoms with Crippen LogP contribution in [0.3, 0.4) is 0 Å². The molecule has 0 saturated heterocycles. The number of aromatic nitrogens is 4.